The zero-order valence-corrected chi connectivity index (χ0v) is 13.8. The summed E-state index contributed by atoms with van der Waals surface area (Å²) >= 11 is 0. The van der Waals surface area contributed by atoms with Crippen molar-refractivity contribution in [2.45, 2.75) is 13.5 Å². The minimum absolute atomic E-state index is 0.239. The molecule has 4 nitrogen and oxygen atoms in total. The van der Waals surface area contributed by atoms with E-state index in [-0.39, 0.29) is 5.82 Å². The number of imidazole rings is 1. The molecule has 5 heteroatoms. The number of pyridine rings is 1. The van der Waals surface area contributed by atoms with Gasteiger partial charge in [-0.05, 0) is 19.1 Å². The molecule has 0 spiro atoms. The predicted octanol–water partition coefficient (Wildman–Crippen LogP) is 2.85. The summed E-state index contributed by atoms with van der Waals surface area (Å²) in [7, 11) is 0. The number of hydrogen-bond acceptors (Lipinski definition) is 3. The zero-order valence-electron chi connectivity index (χ0n) is 13.8. The fourth-order valence-electron chi connectivity index (χ4n) is 3.24. The standard InChI is InChI=1S/C19H21FN4/c1-14-2-4-15(5-3-14)19-17(13-23-10-8-21-9-11-23)24-12-16(20)6-7-18(24)22-19/h2-7,12,21H,8-11,13H2,1H3. The number of benzene rings is 1. The SMILES string of the molecule is Cc1ccc(-c2nc3ccc(F)cn3c2CN2CCNCC2)cc1. The molecule has 0 saturated carbocycles. The molecule has 124 valence electrons. The number of rotatable bonds is 3. The largest absolute Gasteiger partial charge is 0.314 e. The number of halogens is 1. The van der Waals surface area contributed by atoms with E-state index in [1.165, 1.54) is 17.8 Å². The highest BCUT2D eigenvalue weighted by atomic mass is 19.1. The van der Waals surface area contributed by atoms with E-state index in [9.17, 15) is 4.39 Å². The molecule has 1 aromatic carbocycles. The van der Waals surface area contributed by atoms with E-state index in [2.05, 4.69) is 41.4 Å². The third kappa shape index (κ3) is 2.92. The van der Waals surface area contributed by atoms with Gasteiger partial charge in [-0.15, -0.1) is 0 Å². The molecule has 0 bridgehead atoms. The molecule has 0 radical (unpaired) electrons. The van der Waals surface area contributed by atoms with Gasteiger partial charge >= 0.3 is 0 Å². The molecule has 0 amide bonds. The van der Waals surface area contributed by atoms with E-state index in [1.807, 2.05) is 4.40 Å². The first-order chi connectivity index (χ1) is 11.7. The van der Waals surface area contributed by atoms with Crippen LogP contribution in [0, 0.1) is 12.7 Å². The number of piperazine rings is 1. The maximum atomic E-state index is 13.8. The Hall–Kier alpha value is -2.24. The summed E-state index contributed by atoms with van der Waals surface area (Å²) in [5.41, 5.74) is 5.08. The van der Waals surface area contributed by atoms with Crippen LogP contribution in [0.15, 0.2) is 42.6 Å². The second-order valence-corrected chi connectivity index (χ2v) is 6.37. The molecule has 4 rings (SSSR count). The Morgan fingerprint density at radius 3 is 2.58 bits per heavy atom. The van der Waals surface area contributed by atoms with Gasteiger partial charge < -0.3 is 5.32 Å². The summed E-state index contributed by atoms with van der Waals surface area (Å²) in [6, 6.07) is 11.6. The van der Waals surface area contributed by atoms with Crippen molar-refractivity contribution in [2.24, 2.45) is 0 Å². The Bertz CT molecular complexity index is 848. The van der Waals surface area contributed by atoms with Crippen LogP contribution in [-0.4, -0.2) is 40.5 Å². The van der Waals surface area contributed by atoms with Gasteiger partial charge in [0.25, 0.3) is 0 Å². The summed E-state index contributed by atoms with van der Waals surface area (Å²) in [6.45, 7) is 6.82. The molecule has 2 aromatic heterocycles. The average Bonchev–Trinajstić information content (AvgIpc) is 2.94. The van der Waals surface area contributed by atoms with Crippen LogP contribution in [0.4, 0.5) is 4.39 Å². The number of aryl methyl sites for hydroxylation is 1. The van der Waals surface area contributed by atoms with Crippen LogP contribution in [0.1, 0.15) is 11.3 Å². The number of aromatic nitrogens is 2. The maximum Gasteiger partial charge on any atom is 0.139 e. The molecule has 0 atom stereocenters. The fraction of sp³-hybridized carbons (Fsp3) is 0.316. The fourth-order valence-corrected chi connectivity index (χ4v) is 3.24. The summed E-state index contributed by atoms with van der Waals surface area (Å²) < 4.78 is 15.7. The molecular formula is C19H21FN4. The first-order valence-electron chi connectivity index (χ1n) is 8.37. The van der Waals surface area contributed by atoms with Gasteiger partial charge in [-0.3, -0.25) is 9.30 Å². The van der Waals surface area contributed by atoms with Crippen molar-refractivity contribution >= 4 is 5.65 Å². The summed E-state index contributed by atoms with van der Waals surface area (Å²) in [4.78, 5) is 7.16. The third-order valence-electron chi connectivity index (χ3n) is 4.59. The number of fused-ring (bicyclic) bond motifs is 1. The molecule has 1 saturated heterocycles. The highest BCUT2D eigenvalue weighted by Gasteiger charge is 2.18. The molecule has 0 aliphatic carbocycles. The molecule has 1 N–H and O–H groups in total. The van der Waals surface area contributed by atoms with Gasteiger partial charge in [0.2, 0.25) is 0 Å². The van der Waals surface area contributed by atoms with Crippen LogP contribution >= 0.6 is 0 Å². The Morgan fingerprint density at radius 2 is 1.83 bits per heavy atom. The van der Waals surface area contributed by atoms with Crippen molar-refractivity contribution < 1.29 is 4.39 Å². The van der Waals surface area contributed by atoms with E-state index in [0.29, 0.717) is 0 Å². The molecular weight excluding hydrogens is 303 g/mol. The van der Waals surface area contributed by atoms with Crippen molar-refractivity contribution in [3.05, 3.63) is 59.7 Å². The van der Waals surface area contributed by atoms with E-state index in [4.69, 9.17) is 4.98 Å². The van der Waals surface area contributed by atoms with Gasteiger partial charge in [-0.1, -0.05) is 29.8 Å². The van der Waals surface area contributed by atoms with Crippen LogP contribution < -0.4 is 5.32 Å². The van der Waals surface area contributed by atoms with Crippen molar-refractivity contribution in [2.75, 3.05) is 26.2 Å². The number of nitrogens with one attached hydrogen (secondary N) is 1. The van der Waals surface area contributed by atoms with Crippen molar-refractivity contribution in [1.29, 1.82) is 0 Å². The van der Waals surface area contributed by atoms with E-state index in [0.717, 1.165) is 55.3 Å². The lowest BCUT2D eigenvalue weighted by Gasteiger charge is -2.27. The predicted molar refractivity (Wildman–Crippen MR) is 93.5 cm³/mol. The highest BCUT2D eigenvalue weighted by molar-refractivity contribution is 5.66. The van der Waals surface area contributed by atoms with Crippen LogP contribution in [0.25, 0.3) is 16.9 Å². The highest BCUT2D eigenvalue weighted by Crippen LogP contribution is 2.26. The molecule has 1 fully saturated rings. The number of nitrogens with zero attached hydrogens (tertiary/aromatic N) is 3. The summed E-state index contributed by atoms with van der Waals surface area (Å²) in [6.07, 6.45) is 1.54. The smallest absolute Gasteiger partial charge is 0.139 e. The Morgan fingerprint density at radius 1 is 1.08 bits per heavy atom. The average molecular weight is 324 g/mol. The summed E-state index contributed by atoms with van der Waals surface area (Å²) in [5.74, 6) is -0.239. The van der Waals surface area contributed by atoms with Gasteiger partial charge in [-0.2, -0.15) is 0 Å². The van der Waals surface area contributed by atoms with Crippen molar-refractivity contribution in [1.82, 2.24) is 19.6 Å². The lowest BCUT2D eigenvalue weighted by Crippen LogP contribution is -2.43. The normalized spacial score (nSPS) is 15.9. The van der Waals surface area contributed by atoms with E-state index < -0.39 is 0 Å². The van der Waals surface area contributed by atoms with Crippen molar-refractivity contribution in [3.8, 4) is 11.3 Å². The first-order valence-corrected chi connectivity index (χ1v) is 8.37. The topological polar surface area (TPSA) is 32.6 Å². The maximum absolute atomic E-state index is 13.8. The Balaban J connectivity index is 1.81. The zero-order chi connectivity index (χ0) is 16.5. The third-order valence-corrected chi connectivity index (χ3v) is 4.59. The molecule has 1 aliphatic rings. The van der Waals surface area contributed by atoms with E-state index in [1.54, 1.807) is 6.07 Å². The van der Waals surface area contributed by atoms with Gasteiger partial charge in [0.05, 0.1) is 11.4 Å². The second kappa shape index (κ2) is 6.34. The molecule has 3 aromatic rings. The van der Waals surface area contributed by atoms with Crippen LogP contribution in [0.2, 0.25) is 0 Å². The first kappa shape index (κ1) is 15.3. The van der Waals surface area contributed by atoms with Crippen LogP contribution in [-0.2, 0) is 6.54 Å². The molecule has 0 unspecified atom stereocenters. The molecule has 24 heavy (non-hydrogen) atoms. The van der Waals surface area contributed by atoms with Crippen LogP contribution in [0.3, 0.4) is 0 Å². The van der Waals surface area contributed by atoms with Gasteiger partial charge in [0.15, 0.2) is 0 Å². The van der Waals surface area contributed by atoms with Crippen molar-refractivity contribution in [3.63, 3.8) is 0 Å². The Labute approximate surface area is 140 Å². The quantitative estimate of drug-likeness (QED) is 0.804. The minimum atomic E-state index is -0.239. The van der Waals surface area contributed by atoms with Gasteiger partial charge in [-0.25, -0.2) is 9.37 Å². The van der Waals surface area contributed by atoms with Crippen LogP contribution in [0.5, 0.6) is 0 Å². The molecule has 3 heterocycles. The lowest BCUT2D eigenvalue weighted by atomic mass is 10.1. The summed E-state index contributed by atoms with van der Waals surface area (Å²) in [5, 5.41) is 3.37. The second-order valence-electron chi connectivity index (χ2n) is 6.37. The van der Waals surface area contributed by atoms with Gasteiger partial charge in [0.1, 0.15) is 11.5 Å². The molecule has 1 aliphatic heterocycles. The minimum Gasteiger partial charge on any atom is -0.314 e. The lowest BCUT2D eigenvalue weighted by molar-refractivity contribution is 0.230. The Kier molecular flexibility index (Phi) is 4.04. The number of hydrogen-bond donors (Lipinski definition) is 1. The van der Waals surface area contributed by atoms with E-state index >= 15 is 0 Å². The monoisotopic (exact) mass is 324 g/mol. The van der Waals surface area contributed by atoms with Gasteiger partial charge in [0, 0.05) is 44.5 Å².